The van der Waals surface area contributed by atoms with Crippen molar-refractivity contribution in [1.29, 1.82) is 0 Å². The number of aromatic nitrogens is 1. The molecular weight excluding hydrogens is 260 g/mol. The molecule has 1 amide bonds. The van der Waals surface area contributed by atoms with E-state index in [1.807, 2.05) is 11.8 Å². The van der Waals surface area contributed by atoms with Gasteiger partial charge in [-0.15, -0.1) is 6.58 Å². The molecule has 0 aliphatic heterocycles. The van der Waals surface area contributed by atoms with E-state index < -0.39 is 0 Å². The fourth-order valence-corrected chi connectivity index (χ4v) is 2.88. The Morgan fingerprint density at radius 3 is 2.84 bits per heavy atom. The molecular formula is C15H19ClN2O. The normalized spacial score (nSPS) is 15.5. The third kappa shape index (κ3) is 3.16. The van der Waals surface area contributed by atoms with Gasteiger partial charge in [0.15, 0.2) is 0 Å². The smallest absolute Gasteiger partial charge is 0.257 e. The third-order valence-electron chi connectivity index (χ3n) is 3.57. The van der Waals surface area contributed by atoms with Crippen LogP contribution in [0.4, 0.5) is 0 Å². The Labute approximate surface area is 119 Å². The van der Waals surface area contributed by atoms with Crippen LogP contribution in [0.15, 0.2) is 24.9 Å². The second kappa shape index (κ2) is 6.20. The van der Waals surface area contributed by atoms with Gasteiger partial charge in [0.1, 0.15) is 0 Å². The van der Waals surface area contributed by atoms with Crippen molar-refractivity contribution in [3.8, 4) is 0 Å². The third-order valence-corrected chi connectivity index (χ3v) is 3.89. The lowest BCUT2D eigenvalue weighted by Gasteiger charge is -2.28. The molecule has 0 radical (unpaired) electrons. The minimum Gasteiger partial charge on any atom is -0.332 e. The fraction of sp³-hybridized carbons (Fsp3) is 0.467. The van der Waals surface area contributed by atoms with Crippen LogP contribution in [-0.4, -0.2) is 28.4 Å². The second-order valence-electron chi connectivity index (χ2n) is 4.99. The van der Waals surface area contributed by atoms with Crippen molar-refractivity contribution < 1.29 is 4.79 Å². The van der Waals surface area contributed by atoms with E-state index in [1.54, 1.807) is 18.3 Å². The first kappa shape index (κ1) is 14.1. The molecule has 0 N–H and O–H groups in total. The van der Waals surface area contributed by atoms with Gasteiger partial charge in [0.25, 0.3) is 5.91 Å². The Balaban J connectivity index is 2.25. The van der Waals surface area contributed by atoms with Gasteiger partial charge < -0.3 is 4.90 Å². The Hall–Kier alpha value is -1.35. The van der Waals surface area contributed by atoms with Crippen LogP contribution >= 0.6 is 11.6 Å². The van der Waals surface area contributed by atoms with Crippen molar-refractivity contribution in [2.24, 2.45) is 0 Å². The van der Waals surface area contributed by atoms with Gasteiger partial charge in [0, 0.05) is 24.5 Å². The first-order valence-corrected chi connectivity index (χ1v) is 7.05. The molecule has 0 spiro atoms. The first-order chi connectivity index (χ1) is 9.13. The molecule has 1 aliphatic carbocycles. The molecule has 0 unspecified atom stereocenters. The van der Waals surface area contributed by atoms with Crippen molar-refractivity contribution in [1.82, 2.24) is 9.88 Å². The predicted octanol–water partition coefficient (Wildman–Crippen LogP) is 3.61. The van der Waals surface area contributed by atoms with Crippen LogP contribution in [0, 0.1) is 6.92 Å². The average Bonchev–Trinajstić information content (AvgIpc) is 2.89. The summed E-state index contributed by atoms with van der Waals surface area (Å²) in [5, 5.41) is 0.476. The van der Waals surface area contributed by atoms with Crippen molar-refractivity contribution in [2.75, 3.05) is 6.54 Å². The molecule has 1 aromatic rings. The van der Waals surface area contributed by atoms with Gasteiger partial charge in [-0.3, -0.25) is 9.78 Å². The molecule has 102 valence electrons. The Kier molecular flexibility index (Phi) is 4.59. The van der Waals surface area contributed by atoms with Gasteiger partial charge in [0.2, 0.25) is 0 Å². The second-order valence-corrected chi connectivity index (χ2v) is 5.40. The highest BCUT2D eigenvalue weighted by Crippen LogP contribution is 2.26. The standard InChI is InChI=1S/C15H19ClN2O/c1-3-8-18(12-6-4-5-7-12)15(19)13-10-17-11(2)9-14(13)16/h3,9-10,12H,1,4-8H2,2H3. The molecule has 1 aromatic heterocycles. The van der Waals surface area contributed by atoms with E-state index in [0.29, 0.717) is 23.2 Å². The van der Waals surface area contributed by atoms with Crippen LogP contribution in [0.5, 0.6) is 0 Å². The highest BCUT2D eigenvalue weighted by Gasteiger charge is 2.27. The van der Waals surface area contributed by atoms with Gasteiger partial charge in [-0.25, -0.2) is 0 Å². The summed E-state index contributed by atoms with van der Waals surface area (Å²) < 4.78 is 0. The maximum Gasteiger partial charge on any atom is 0.257 e. The summed E-state index contributed by atoms with van der Waals surface area (Å²) in [7, 11) is 0. The lowest BCUT2D eigenvalue weighted by molar-refractivity contribution is 0.0706. The molecule has 1 saturated carbocycles. The number of carbonyl (C=O) groups excluding carboxylic acids is 1. The SMILES string of the molecule is C=CCN(C(=O)c1cnc(C)cc1Cl)C1CCCC1. The number of pyridine rings is 1. The molecule has 0 bridgehead atoms. The van der Waals surface area contributed by atoms with Crippen LogP contribution in [0.3, 0.4) is 0 Å². The molecule has 0 saturated heterocycles. The predicted molar refractivity (Wildman–Crippen MR) is 77.5 cm³/mol. The molecule has 2 rings (SSSR count). The monoisotopic (exact) mass is 278 g/mol. The van der Waals surface area contributed by atoms with Gasteiger partial charge in [-0.05, 0) is 25.8 Å². The maximum atomic E-state index is 12.6. The van der Waals surface area contributed by atoms with Crippen molar-refractivity contribution >= 4 is 17.5 Å². The number of rotatable bonds is 4. The average molecular weight is 279 g/mol. The van der Waals surface area contributed by atoms with E-state index in [2.05, 4.69) is 11.6 Å². The van der Waals surface area contributed by atoms with E-state index in [-0.39, 0.29) is 5.91 Å². The lowest BCUT2D eigenvalue weighted by atomic mass is 10.1. The molecule has 19 heavy (non-hydrogen) atoms. The summed E-state index contributed by atoms with van der Waals surface area (Å²) in [6.07, 6.45) is 7.85. The summed E-state index contributed by atoms with van der Waals surface area (Å²) in [6.45, 7) is 6.16. The molecule has 3 nitrogen and oxygen atoms in total. The largest absolute Gasteiger partial charge is 0.332 e. The first-order valence-electron chi connectivity index (χ1n) is 6.67. The van der Waals surface area contributed by atoms with Crippen molar-refractivity contribution in [3.05, 3.63) is 41.2 Å². The van der Waals surface area contributed by atoms with Crippen LogP contribution < -0.4 is 0 Å². The molecule has 4 heteroatoms. The topological polar surface area (TPSA) is 33.2 Å². The summed E-state index contributed by atoms with van der Waals surface area (Å²) in [6, 6.07) is 2.04. The summed E-state index contributed by atoms with van der Waals surface area (Å²) in [5.74, 6) is -0.0377. The quantitative estimate of drug-likeness (QED) is 0.788. The minimum atomic E-state index is -0.0377. The van der Waals surface area contributed by atoms with Crippen LogP contribution in [0.1, 0.15) is 41.7 Å². The number of halogens is 1. The van der Waals surface area contributed by atoms with Crippen molar-refractivity contribution in [3.63, 3.8) is 0 Å². The van der Waals surface area contributed by atoms with Crippen molar-refractivity contribution in [2.45, 2.75) is 38.6 Å². The zero-order valence-electron chi connectivity index (χ0n) is 11.2. The van der Waals surface area contributed by atoms with E-state index in [4.69, 9.17) is 11.6 Å². The summed E-state index contributed by atoms with van der Waals surface area (Å²) in [4.78, 5) is 18.7. The number of nitrogens with zero attached hydrogens (tertiary/aromatic N) is 2. The number of amides is 1. The number of carbonyl (C=O) groups is 1. The molecule has 0 atom stereocenters. The fourth-order valence-electron chi connectivity index (χ4n) is 2.59. The highest BCUT2D eigenvalue weighted by molar-refractivity contribution is 6.33. The number of hydrogen-bond donors (Lipinski definition) is 0. The zero-order chi connectivity index (χ0) is 13.8. The van der Waals surface area contributed by atoms with E-state index in [9.17, 15) is 4.79 Å². The van der Waals surface area contributed by atoms with E-state index >= 15 is 0 Å². The maximum absolute atomic E-state index is 12.6. The summed E-state index contributed by atoms with van der Waals surface area (Å²) in [5.41, 5.74) is 1.30. The highest BCUT2D eigenvalue weighted by atomic mass is 35.5. The summed E-state index contributed by atoms with van der Waals surface area (Å²) >= 11 is 6.16. The van der Waals surface area contributed by atoms with Gasteiger partial charge >= 0.3 is 0 Å². The molecule has 0 aromatic carbocycles. The Morgan fingerprint density at radius 1 is 1.58 bits per heavy atom. The zero-order valence-corrected chi connectivity index (χ0v) is 12.0. The van der Waals surface area contributed by atoms with E-state index in [1.165, 1.54) is 12.8 Å². The van der Waals surface area contributed by atoms with E-state index in [0.717, 1.165) is 18.5 Å². The van der Waals surface area contributed by atoms with Crippen LogP contribution in [-0.2, 0) is 0 Å². The Bertz CT molecular complexity index is 481. The van der Waals surface area contributed by atoms with Crippen LogP contribution in [0.2, 0.25) is 5.02 Å². The van der Waals surface area contributed by atoms with Gasteiger partial charge in [-0.1, -0.05) is 30.5 Å². The van der Waals surface area contributed by atoms with Crippen LogP contribution in [0.25, 0.3) is 0 Å². The lowest BCUT2D eigenvalue weighted by Crippen LogP contribution is -2.39. The van der Waals surface area contributed by atoms with Gasteiger partial charge in [0.05, 0.1) is 10.6 Å². The Morgan fingerprint density at radius 2 is 2.26 bits per heavy atom. The van der Waals surface area contributed by atoms with Gasteiger partial charge in [-0.2, -0.15) is 0 Å². The number of aryl methyl sites for hydroxylation is 1. The molecule has 1 heterocycles. The molecule has 1 aliphatic rings. The molecule has 1 fully saturated rings. The number of hydrogen-bond acceptors (Lipinski definition) is 2. The minimum absolute atomic E-state index is 0.0377.